The number of carbonyl (C=O) groups is 1. The van der Waals surface area contributed by atoms with Crippen LogP contribution >= 0.6 is 12.4 Å². The van der Waals surface area contributed by atoms with Gasteiger partial charge in [0.1, 0.15) is 5.82 Å². The summed E-state index contributed by atoms with van der Waals surface area (Å²) in [4.78, 5) is 19.2. The summed E-state index contributed by atoms with van der Waals surface area (Å²) >= 11 is 0. The van der Waals surface area contributed by atoms with E-state index in [9.17, 15) is 4.79 Å². The van der Waals surface area contributed by atoms with Gasteiger partial charge in [0.25, 0.3) is 5.91 Å². The molecule has 25 heavy (non-hydrogen) atoms. The summed E-state index contributed by atoms with van der Waals surface area (Å²) in [5.74, 6) is 0.825. The van der Waals surface area contributed by atoms with Gasteiger partial charge in [-0.05, 0) is 57.6 Å². The van der Waals surface area contributed by atoms with Crippen molar-refractivity contribution >= 4 is 29.8 Å². The maximum absolute atomic E-state index is 12.6. The zero-order chi connectivity index (χ0) is 17.4. The van der Waals surface area contributed by atoms with E-state index < -0.39 is 0 Å². The van der Waals surface area contributed by atoms with E-state index in [1.807, 2.05) is 43.4 Å². The third kappa shape index (κ3) is 5.73. The minimum Gasteiger partial charge on any atom is -0.357 e. The van der Waals surface area contributed by atoms with Crippen LogP contribution < -0.4 is 15.5 Å². The number of nitrogens with zero attached hydrogens (tertiary/aromatic N) is 2. The van der Waals surface area contributed by atoms with Crippen molar-refractivity contribution in [2.45, 2.75) is 20.3 Å². The summed E-state index contributed by atoms with van der Waals surface area (Å²) in [7, 11) is 1.91. The van der Waals surface area contributed by atoms with Crippen molar-refractivity contribution in [1.29, 1.82) is 0 Å². The van der Waals surface area contributed by atoms with Crippen molar-refractivity contribution in [2.75, 3.05) is 36.9 Å². The lowest BCUT2D eigenvalue weighted by Gasteiger charge is -2.19. The Labute approximate surface area is 156 Å². The van der Waals surface area contributed by atoms with E-state index in [0.29, 0.717) is 11.3 Å². The Bertz CT molecular complexity index is 657. The molecule has 2 N–H and O–H groups in total. The lowest BCUT2D eigenvalue weighted by atomic mass is 10.0. The van der Waals surface area contributed by atoms with Crippen LogP contribution in [0.4, 0.5) is 11.5 Å². The third-order valence-corrected chi connectivity index (χ3v) is 4.00. The second-order valence-electron chi connectivity index (χ2n) is 5.54. The molecule has 0 radical (unpaired) electrons. The number of halogens is 1. The fourth-order valence-corrected chi connectivity index (χ4v) is 2.61. The molecule has 0 aliphatic rings. The Kier molecular flexibility index (Phi) is 8.95. The van der Waals surface area contributed by atoms with Crippen LogP contribution in [0.3, 0.4) is 0 Å². The van der Waals surface area contributed by atoms with Crippen molar-refractivity contribution in [3.63, 3.8) is 0 Å². The molecule has 0 aliphatic heterocycles. The van der Waals surface area contributed by atoms with Gasteiger partial charge in [-0.15, -0.1) is 12.4 Å². The quantitative estimate of drug-likeness (QED) is 0.756. The normalized spacial score (nSPS) is 10.0. The van der Waals surface area contributed by atoms with Gasteiger partial charge < -0.3 is 15.5 Å². The van der Waals surface area contributed by atoms with Gasteiger partial charge in [0.05, 0.1) is 11.9 Å². The monoisotopic (exact) mass is 362 g/mol. The lowest BCUT2D eigenvalue weighted by Crippen LogP contribution is -2.23. The molecule has 1 heterocycles. The molecule has 0 aliphatic carbocycles. The Hall–Kier alpha value is -2.11. The smallest absolute Gasteiger partial charge is 0.255 e. The van der Waals surface area contributed by atoms with Gasteiger partial charge in [-0.25, -0.2) is 4.98 Å². The van der Waals surface area contributed by atoms with Crippen LogP contribution in [-0.2, 0) is 6.42 Å². The predicted molar refractivity (Wildman–Crippen MR) is 107 cm³/mol. The van der Waals surface area contributed by atoms with Crippen molar-refractivity contribution < 1.29 is 4.79 Å². The summed E-state index contributed by atoms with van der Waals surface area (Å²) in [6, 6.07) is 11.5. The molecule has 0 spiro atoms. The summed E-state index contributed by atoms with van der Waals surface area (Å²) < 4.78 is 0. The van der Waals surface area contributed by atoms with Gasteiger partial charge in [-0.1, -0.05) is 18.2 Å². The summed E-state index contributed by atoms with van der Waals surface area (Å²) in [6.07, 6.45) is 2.53. The molecule has 6 heteroatoms. The molecule has 0 bridgehead atoms. The number of hydrogen-bond acceptors (Lipinski definition) is 4. The fourth-order valence-electron chi connectivity index (χ4n) is 2.61. The molecule has 0 saturated heterocycles. The average Bonchev–Trinajstić information content (AvgIpc) is 2.62. The molecule has 1 aromatic heterocycles. The molecule has 5 nitrogen and oxygen atoms in total. The SMILES string of the molecule is CCN(CC)c1ccc(NC(=O)c2ccccc2CCNC)cn1.Cl. The highest BCUT2D eigenvalue weighted by molar-refractivity contribution is 6.05. The van der Waals surface area contributed by atoms with Gasteiger partial charge in [-0.3, -0.25) is 4.79 Å². The topological polar surface area (TPSA) is 57.3 Å². The highest BCUT2D eigenvalue weighted by Gasteiger charge is 2.11. The molecule has 136 valence electrons. The fraction of sp³-hybridized carbons (Fsp3) is 0.368. The molecule has 0 atom stereocenters. The number of amides is 1. The molecule has 0 unspecified atom stereocenters. The Balaban J connectivity index is 0.00000312. The highest BCUT2D eigenvalue weighted by atomic mass is 35.5. The molecule has 1 aromatic carbocycles. The van der Waals surface area contributed by atoms with Gasteiger partial charge in [-0.2, -0.15) is 0 Å². The van der Waals surface area contributed by atoms with Gasteiger partial charge in [0.2, 0.25) is 0 Å². The molecule has 0 fully saturated rings. The number of benzene rings is 1. The summed E-state index contributed by atoms with van der Waals surface area (Å²) in [5.41, 5.74) is 2.46. The Morgan fingerprint density at radius 3 is 2.44 bits per heavy atom. The lowest BCUT2D eigenvalue weighted by molar-refractivity contribution is 0.102. The maximum atomic E-state index is 12.6. The first-order valence-electron chi connectivity index (χ1n) is 8.44. The predicted octanol–water partition coefficient (Wildman–Crippen LogP) is 3.36. The zero-order valence-electron chi connectivity index (χ0n) is 15.1. The minimum absolute atomic E-state index is 0. The van der Waals surface area contributed by atoms with Crippen LogP contribution in [0.1, 0.15) is 29.8 Å². The molecule has 2 rings (SSSR count). The van der Waals surface area contributed by atoms with E-state index in [0.717, 1.165) is 37.4 Å². The van der Waals surface area contributed by atoms with E-state index in [4.69, 9.17) is 0 Å². The first-order valence-corrected chi connectivity index (χ1v) is 8.44. The maximum Gasteiger partial charge on any atom is 0.255 e. The van der Waals surface area contributed by atoms with Crippen LogP contribution in [0.15, 0.2) is 42.6 Å². The highest BCUT2D eigenvalue weighted by Crippen LogP contribution is 2.16. The van der Waals surface area contributed by atoms with Crippen LogP contribution in [0.25, 0.3) is 0 Å². The van der Waals surface area contributed by atoms with Crippen LogP contribution in [0.5, 0.6) is 0 Å². The standard InChI is InChI=1S/C19H26N4O.ClH/c1-4-23(5-2)18-11-10-16(14-21-18)22-19(24)17-9-7-6-8-15(17)12-13-20-3;/h6-11,14,20H,4-5,12-13H2,1-3H3,(H,22,24);1H. The van der Waals surface area contributed by atoms with E-state index >= 15 is 0 Å². The minimum atomic E-state index is -0.0981. The number of aromatic nitrogens is 1. The van der Waals surface area contributed by atoms with Crippen molar-refractivity contribution in [3.05, 3.63) is 53.7 Å². The number of likely N-dealkylation sites (N-methyl/N-ethyl adjacent to an activating group) is 1. The number of pyridine rings is 1. The molecule has 2 aromatic rings. The molecular formula is C19H27ClN4O. The zero-order valence-corrected chi connectivity index (χ0v) is 15.9. The van der Waals surface area contributed by atoms with Crippen LogP contribution in [0, 0.1) is 0 Å². The summed E-state index contributed by atoms with van der Waals surface area (Å²) in [6.45, 7) is 6.86. The van der Waals surface area contributed by atoms with Crippen LogP contribution in [-0.4, -0.2) is 37.6 Å². The number of nitrogens with one attached hydrogen (secondary N) is 2. The van der Waals surface area contributed by atoms with Gasteiger partial charge in [0, 0.05) is 18.7 Å². The third-order valence-electron chi connectivity index (χ3n) is 4.00. The number of rotatable bonds is 8. The number of anilines is 2. The van der Waals surface area contributed by atoms with E-state index in [1.165, 1.54) is 0 Å². The van der Waals surface area contributed by atoms with Crippen LogP contribution in [0.2, 0.25) is 0 Å². The molecule has 0 saturated carbocycles. The average molecular weight is 363 g/mol. The van der Waals surface area contributed by atoms with Gasteiger partial charge in [0.15, 0.2) is 0 Å². The Morgan fingerprint density at radius 1 is 1.12 bits per heavy atom. The van der Waals surface area contributed by atoms with Crippen molar-refractivity contribution in [3.8, 4) is 0 Å². The van der Waals surface area contributed by atoms with E-state index in [-0.39, 0.29) is 18.3 Å². The number of carbonyl (C=O) groups excluding carboxylic acids is 1. The van der Waals surface area contributed by atoms with Crippen molar-refractivity contribution in [2.24, 2.45) is 0 Å². The largest absolute Gasteiger partial charge is 0.357 e. The second kappa shape index (κ2) is 10.7. The first kappa shape index (κ1) is 20.9. The van der Waals surface area contributed by atoms with E-state index in [2.05, 4.69) is 34.4 Å². The van der Waals surface area contributed by atoms with Crippen molar-refractivity contribution in [1.82, 2.24) is 10.3 Å². The molecular weight excluding hydrogens is 336 g/mol. The number of hydrogen-bond donors (Lipinski definition) is 2. The second-order valence-corrected chi connectivity index (χ2v) is 5.54. The van der Waals surface area contributed by atoms with E-state index in [1.54, 1.807) is 6.20 Å². The molecule has 1 amide bonds. The summed E-state index contributed by atoms with van der Waals surface area (Å²) in [5, 5.41) is 6.05. The Morgan fingerprint density at radius 2 is 1.84 bits per heavy atom. The first-order chi connectivity index (χ1) is 11.7. The van der Waals surface area contributed by atoms with Gasteiger partial charge >= 0.3 is 0 Å².